The molecule has 1 heterocycles. The van der Waals surface area contributed by atoms with Crippen molar-refractivity contribution in [1.82, 2.24) is 5.32 Å². The van der Waals surface area contributed by atoms with Crippen LogP contribution in [0.25, 0.3) is 0 Å². The third-order valence-corrected chi connectivity index (χ3v) is 4.24. The molecule has 1 atom stereocenters. The topological polar surface area (TPSA) is 41.1 Å². The third kappa shape index (κ3) is 3.40. The van der Waals surface area contributed by atoms with Crippen LogP contribution in [0.1, 0.15) is 16.8 Å². The number of thioether (sulfide) groups is 1. The number of hydrogen-bond acceptors (Lipinski definition) is 3. The van der Waals surface area contributed by atoms with Crippen LogP contribution in [-0.2, 0) is 0 Å². The van der Waals surface area contributed by atoms with Gasteiger partial charge < -0.3 is 10.6 Å². The van der Waals surface area contributed by atoms with Gasteiger partial charge >= 0.3 is 0 Å². The molecule has 1 aromatic carbocycles. The van der Waals surface area contributed by atoms with Crippen molar-refractivity contribution >= 4 is 23.4 Å². The van der Waals surface area contributed by atoms with Crippen molar-refractivity contribution in [3.05, 3.63) is 29.8 Å². The van der Waals surface area contributed by atoms with Crippen molar-refractivity contribution in [1.29, 1.82) is 0 Å². The minimum atomic E-state index is 0.0320. The number of carbonyl (C=O) groups excluding carboxylic acids is 1. The molecule has 0 aliphatic carbocycles. The Bertz CT molecular complexity index is 372. The number of benzene rings is 1. The van der Waals surface area contributed by atoms with E-state index in [-0.39, 0.29) is 5.91 Å². The van der Waals surface area contributed by atoms with Crippen molar-refractivity contribution in [3.8, 4) is 0 Å². The summed E-state index contributed by atoms with van der Waals surface area (Å²) in [6, 6.07) is 7.54. The van der Waals surface area contributed by atoms with Crippen LogP contribution in [-0.4, -0.2) is 31.0 Å². The average molecular weight is 250 g/mol. The molecule has 2 rings (SSSR count). The number of rotatable bonds is 4. The molecule has 1 amide bonds. The van der Waals surface area contributed by atoms with Gasteiger partial charge in [0.25, 0.3) is 5.91 Å². The minimum Gasteiger partial charge on any atom is -0.388 e. The van der Waals surface area contributed by atoms with Gasteiger partial charge in [-0.25, -0.2) is 0 Å². The molecule has 0 aromatic heterocycles. The lowest BCUT2D eigenvalue weighted by Gasteiger charge is -2.10. The summed E-state index contributed by atoms with van der Waals surface area (Å²) in [7, 11) is 1.87. The molecule has 1 unspecified atom stereocenters. The van der Waals surface area contributed by atoms with E-state index in [1.165, 1.54) is 17.9 Å². The zero-order chi connectivity index (χ0) is 12.1. The molecule has 2 N–H and O–H groups in total. The highest BCUT2D eigenvalue weighted by molar-refractivity contribution is 7.99. The minimum absolute atomic E-state index is 0.0320. The van der Waals surface area contributed by atoms with E-state index in [4.69, 9.17) is 0 Å². The van der Waals surface area contributed by atoms with Gasteiger partial charge in [-0.2, -0.15) is 11.8 Å². The number of carbonyl (C=O) groups is 1. The lowest BCUT2D eigenvalue weighted by Crippen LogP contribution is -2.29. The number of amides is 1. The van der Waals surface area contributed by atoms with Crippen LogP contribution in [0.3, 0.4) is 0 Å². The van der Waals surface area contributed by atoms with Crippen LogP contribution in [0.15, 0.2) is 24.3 Å². The van der Waals surface area contributed by atoms with Crippen LogP contribution in [0, 0.1) is 5.92 Å². The lowest BCUT2D eigenvalue weighted by atomic mass is 10.1. The zero-order valence-corrected chi connectivity index (χ0v) is 10.8. The Morgan fingerprint density at radius 3 is 2.76 bits per heavy atom. The van der Waals surface area contributed by atoms with Gasteiger partial charge in [-0.1, -0.05) is 0 Å². The second-order valence-corrected chi connectivity index (χ2v) is 5.42. The van der Waals surface area contributed by atoms with Crippen LogP contribution >= 0.6 is 11.8 Å². The third-order valence-electron chi connectivity index (χ3n) is 3.01. The van der Waals surface area contributed by atoms with E-state index in [0.717, 1.165) is 17.8 Å². The van der Waals surface area contributed by atoms with Gasteiger partial charge in [0, 0.05) is 24.8 Å². The van der Waals surface area contributed by atoms with E-state index >= 15 is 0 Å². The highest BCUT2D eigenvalue weighted by Crippen LogP contribution is 2.22. The first-order chi connectivity index (χ1) is 8.29. The molecule has 1 saturated heterocycles. The summed E-state index contributed by atoms with van der Waals surface area (Å²) >= 11 is 1.98. The Balaban J connectivity index is 1.85. The Morgan fingerprint density at radius 2 is 2.18 bits per heavy atom. The van der Waals surface area contributed by atoms with Gasteiger partial charge in [0.2, 0.25) is 0 Å². The maximum atomic E-state index is 11.9. The van der Waals surface area contributed by atoms with Crippen LogP contribution in [0.5, 0.6) is 0 Å². The first-order valence-corrected chi connectivity index (χ1v) is 7.09. The highest BCUT2D eigenvalue weighted by Gasteiger charge is 2.16. The normalized spacial score (nSPS) is 19.0. The molecule has 0 spiro atoms. The second kappa shape index (κ2) is 5.96. The Kier molecular flexibility index (Phi) is 4.31. The van der Waals surface area contributed by atoms with Crippen molar-refractivity contribution in [2.75, 3.05) is 30.4 Å². The Morgan fingerprint density at radius 1 is 1.41 bits per heavy atom. The zero-order valence-electron chi connectivity index (χ0n) is 10.0. The summed E-state index contributed by atoms with van der Waals surface area (Å²) < 4.78 is 0. The van der Waals surface area contributed by atoms with Gasteiger partial charge in [-0.3, -0.25) is 4.79 Å². The second-order valence-electron chi connectivity index (χ2n) is 4.27. The fourth-order valence-corrected chi connectivity index (χ4v) is 3.16. The average Bonchev–Trinajstić information content (AvgIpc) is 2.89. The molecular formula is C13H18N2OS. The molecule has 0 radical (unpaired) electrons. The molecule has 0 bridgehead atoms. The molecule has 92 valence electrons. The molecule has 1 fully saturated rings. The fourth-order valence-electron chi connectivity index (χ4n) is 1.87. The molecule has 3 nitrogen and oxygen atoms in total. The Hall–Kier alpha value is -1.16. The summed E-state index contributed by atoms with van der Waals surface area (Å²) in [5.41, 5.74) is 1.75. The van der Waals surface area contributed by atoms with Crippen molar-refractivity contribution < 1.29 is 4.79 Å². The van der Waals surface area contributed by atoms with Crippen LogP contribution in [0.4, 0.5) is 5.69 Å². The van der Waals surface area contributed by atoms with E-state index in [9.17, 15) is 4.79 Å². The van der Waals surface area contributed by atoms with Gasteiger partial charge in [-0.05, 0) is 48.1 Å². The summed E-state index contributed by atoms with van der Waals surface area (Å²) in [6.45, 7) is 0.805. The molecular weight excluding hydrogens is 232 g/mol. The van der Waals surface area contributed by atoms with Crippen molar-refractivity contribution in [2.24, 2.45) is 5.92 Å². The quantitative estimate of drug-likeness (QED) is 0.861. The molecule has 17 heavy (non-hydrogen) atoms. The van der Waals surface area contributed by atoms with E-state index < -0.39 is 0 Å². The van der Waals surface area contributed by atoms with Gasteiger partial charge in [-0.15, -0.1) is 0 Å². The molecule has 1 aliphatic rings. The summed E-state index contributed by atoms with van der Waals surface area (Å²) in [4.78, 5) is 11.9. The fraction of sp³-hybridized carbons (Fsp3) is 0.462. The molecule has 4 heteroatoms. The van der Waals surface area contributed by atoms with Gasteiger partial charge in [0.15, 0.2) is 0 Å². The monoisotopic (exact) mass is 250 g/mol. The number of hydrogen-bond donors (Lipinski definition) is 2. The SMILES string of the molecule is CNc1ccc(C(=O)NCC2CCSC2)cc1. The smallest absolute Gasteiger partial charge is 0.251 e. The van der Waals surface area contributed by atoms with E-state index in [1.54, 1.807) is 0 Å². The van der Waals surface area contributed by atoms with Crippen LogP contribution in [0.2, 0.25) is 0 Å². The van der Waals surface area contributed by atoms with Crippen molar-refractivity contribution in [3.63, 3.8) is 0 Å². The van der Waals surface area contributed by atoms with Gasteiger partial charge in [0.1, 0.15) is 0 Å². The van der Waals surface area contributed by atoms with E-state index in [2.05, 4.69) is 10.6 Å². The summed E-state index contributed by atoms with van der Waals surface area (Å²) in [5.74, 6) is 3.10. The summed E-state index contributed by atoms with van der Waals surface area (Å²) in [6.07, 6.45) is 1.23. The molecule has 1 aromatic rings. The standard InChI is InChI=1S/C13H18N2OS/c1-14-12-4-2-11(3-5-12)13(16)15-8-10-6-7-17-9-10/h2-5,10,14H,6-9H2,1H3,(H,15,16). The van der Waals surface area contributed by atoms with Gasteiger partial charge in [0.05, 0.1) is 0 Å². The first-order valence-electron chi connectivity index (χ1n) is 5.93. The Labute approximate surface area is 106 Å². The molecule has 1 aliphatic heterocycles. The lowest BCUT2D eigenvalue weighted by molar-refractivity contribution is 0.0948. The number of nitrogens with one attached hydrogen (secondary N) is 2. The predicted octanol–water partition coefficient (Wildman–Crippen LogP) is 2.21. The maximum absolute atomic E-state index is 11.9. The van der Waals surface area contributed by atoms with Crippen LogP contribution < -0.4 is 10.6 Å². The first kappa shape index (κ1) is 12.3. The predicted molar refractivity (Wildman–Crippen MR) is 73.8 cm³/mol. The number of anilines is 1. The maximum Gasteiger partial charge on any atom is 0.251 e. The van der Waals surface area contributed by atoms with E-state index in [0.29, 0.717) is 5.92 Å². The van der Waals surface area contributed by atoms with Crippen molar-refractivity contribution in [2.45, 2.75) is 6.42 Å². The molecule has 0 saturated carbocycles. The largest absolute Gasteiger partial charge is 0.388 e. The summed E-state index contributed by atoms with van der Waals surface area (Å²) in [5, 5.41) is 6.04. The van der Waals surface area contributed by atoms with E-state index in [1.807, 2.05) is 43.1 Å². The highest BCUT2D eigenvalue weighted by atomic mass is 32.2.